The summed E-state index contributed by atoms with van der Waals surface area (Å²) in [6, 6.07) is 0. The monoisotopic (exact) mass is 408 g/mol. The third kappa shape index (κ3) is 3.22. The van der Waals surface area contributed by atoms with E-state index in [4.69, 9.17) is 14.2 Å². The topological polar surface area (TPSA) is 65.0 Å². The predicted octanol–water partition coefficient (Wildman–Crippen LogP) is 3.82. The average Bonchev–Trinajstić information content (AvgIpc) is 3.12. The third-order valence-corrected chi connectivity index (χ3v) is 9.89. The van der Waals surface area contributed by atoms with E-state index in [9.17, 15) is 9.90 Å². The highest BCUT2D eigenvalue weighted by molar-refractivity contribution is 5.83. The summed E-state index contributed by atoms with van der Waals surface area (Å²) in [5.74, 6) is 2.56. The highest BCUT2D eigenvalue weighted by atomic mass is 16.7. The number of carbonyl (C=O) groups excluding carboxylic acids is 1. The van der Waals surface area contributed by atoms with Gasteiger partial charge in [-0.15, -0.1) is 0 Å². The molecule has 0 aromatic heterocycles. The molecule has 4 aliphatic carbocycles. The van der Waals surface area contributed by atoms with Crippen molar-refractivity contribution in [1.29, 1.82) is 0 Å². The van der Waals surface area contributed by atoms with Crippen LogP contribution in [0.25, 0.3) is 0 Å². The van der Waals surface area contributed by atoms with Crippen molar-refractivity contribution in [3.05, 3.63) is 0 Å². The number of hydrogen-bond donors (Lipinski definition) is 1. The van der Waals surface area contributed by atoms with E-state index in [0.29, 0.717) is 36.2 Å². The normalized spacial score (nSPS) is 49.2. The van der Waals surface area contributed by atoms with Gasteiger partial charge in [0.05, 0.1) is 12.2 Å². The van der Waals surface area contributed by atoms with E-state index in [2.05, 4.69) is 6.92 Å². The predicted molar refractivity (Wildman–Crippen MR) is 110 cm³/mol. The maximum absolute atomic E-state index is 12.9. The Kier molecular flexibility index (Phi) is 6.16. The number of fused-ring (bicyclic) bond motifs is 5. The number of aliphatic hydroxyl groups excluding tert-OH is 1. The van der Waals surface area contributed by atoms with Crippen LogP contribution in [-0.4, -0.2) is 50.7 Å². The summed E-state index contributed by atoms with van der Waals surface area (Å²) in [4.78, 5) is 12.9. The number of carbonyl (C=O) groups is 1. The van der Waals surface area contributed by atoms with Gasteiger partial charge in [0.2, 0.25) is 0 Å². The minimum atomic E-state index is -0.295. The van der Waals surface area contributed by atoms with Gasteiger partial charge in [0.15, 0.2) is 0 Å². The summed E-state index contributed by atoms with van der Waals surface area (Å²) in [7, 11) is 3.54. The number of rotatable bonds is 6. The van der Waals surface area contributed by atoms with Crippen molar-refractivity contribution in [1.82, 2.24) is 0 Å². The molecule has 0 bridgehead atoms. The van der Waals surface area contributed by atoms with Crippen molar-refractivity contribution in [3.63, 3.8) is 0 Å². The fourth-order valence-electron chi connectivity index (χ4n) is 8.57. The standard InChI is InChI=1S/C24H40O5/c1-15(26)24-10-8-19-18(20(24)6-5-16(24)13-25)12-22(28-4)21-11-17(29-14-27-3)7-9-23(19,21)2/h16-22,25H,5-14H2,1-4H3/t16-,17-,18?,19?,20?,21-,22-,23-,24-/m1/s1. The molecule has 29 heavy (non-hydrogen) atoms. The largest absolute Gasteiger partial charge is 0.396 e. The minimum Gasteiger partial charge on any atom is -0.396 e. The molecule has 0 radical (unpaired) electrons. The SMILES string of the molecule is COCO[C@@H]1CC[C@]2(C)C3CC[C@]4(C(C)=O)C(CC[C@@H]4CO)C3C[C@@H](OC)[C@H]2C1. The maximum atomic E-state index is 12.9. The lowest BCUT2D eigenvalue weighted by molar-refractivity contribution is -0.195. The third-order valence-electron chi connectivity index (χ3n) is 9.89. The number of hydrogen-bond acceptors (Lipinski definition) is 5. The maximum Gasteiger partial charge on any atom is 0.146 e. The zero-order valence-corrected chi connectivity index (χ0v) is 18.7. The van der Waals surface area contributed by atoms with E-state index in [1.54, 1.807) is 14.0 Å². The smallest absolute Gasteiger partial charge is 0.146 e. The van der Waals surface area contributed by atoms with Crippen molar-refractivity contribution < 1.29 is 24.1 Å². The van der Waals surface area contributed by atoms with Crippen molar-refractivity contribution in [2.45, 2.75) is 77.4 Å². The summed E-state index contributed by atoms with van der Waals surface area (Å²) in [6.07, 6.45) is 8.98. The van der Waals surface area contributed by atoms with E-state index in [0.717, 1.165) is 51.4 Å². The molecule has 166 valence electrons. The van der Waals surface area contributed by atoms with Crippen LogP contribution in [0.3, 0.4) is 0 Å². The molecule has 0 heterocycles. The number of methoxy groups -OCH3 is 2. The molecule has 1 N–H and O–H groups in total. The van der Waals surface area contributed by atoms with Gasteiger partial charge in [-0.1, -0.05) is 6.92 Å². The summed E-state index contributed by atoms with van der Waals surface area (Å²) < 4.78 is 17.2. The average molecular weight is 409 g/mol. The Morgan fingerprint density at radius 3 is 2.48 bits per heavy atom. The van der Waals surface area contributed by atoms with Crippen LogP contribution in [0.2, 0.25) is 0 Å². The molecule has 0 aromatic carbocycles. The van der Waals surface area contributed by atoms with Crippen molar-refractivity contribution in [2.24, 2.45) is 40.4 Å². The molecular weight excluding hydrogens is 368 g/mol. The van der Waals surface area contributed by atoms with Gasteiger partial charge in [-0.25, -0.2) is 0 Å². The van der Waals surface area contributed by atoms with E-state index in [-0.39, 0.29) is 35.6 Å². The molecule has 5 nitrogen and oxygen atoms in total. The molecule has 3 unspecified atom stereocenters. The van der Waals surface area contributed by atoms with Crippen LogP contribution < -0.4 is 0 Å². The second kappa shape index (κ2) is 8.22. The van der Waals surface area contributed by atoms with Gasteiger partial charge in [-0.05, 0) is 93.3 Å². The van der Waals surface area contributed by atoms with Gasteiger partial charge in [0.25, 0.3) is 0 Å². The molecule has 4 fully saturated rings. The first-order valence-electron chi connectivity index (χ1n) is 11.7. The number of ketones is 1. The van der Waals surface area contributed by atoms with Crippen LogP contribution in [0.15, 0.2) is 0 Å². The molecule has 0 spiro atoms. The van der Waals surface area contributed by atoms with Crippen LogP contribution in [0.5, 0.6) is 0 Å². The van der Waals surface area contributed by atoms with Gasteiger partial charge in [-0.2, -0.15) is 0 Å². The summed E-state index contributed by atoms with van der Waals surface area (Å²) >= 11 is 0. The molecule has 0 saturated heterocycles. The van der Waals surface area contributed by atoms with Gasteiger partial charge in [0.1, 0.15) is 12.6 Å². The van der Waals surface area contributed by atoms with Crippen molar-refractivity contribution in [2.75, 3.05) is 27.6 Å². The first-order valence-corrected chi connectivity index (χ1v) is 11.7. The van der Waals surface area contributed by atoms with Gasteiger partial charge < -0.3 is 19.3 Å². The van der Waals surface area contributed by atoms with E-state index < -0.39 is 0 Å². The molecule has 4 saturated carbocycles. The van der Waals surface area contributed by atoms with Gasteiger partial charge in [-0.3, -0.25) is 4.79 Å². The zero-order valence-electron chi connectivity index (χ0n) is 18.7. The molecule has 4 aliphatic rings. The van der Waals surface area contributed by atoms with Crippen LogP contribution >= 0.6 is 0 Å². The molecule has 0 aromatic rings. The molecular formula is C24H40O5. The Labute approximate surface area is 175 Å². The van der Waals surface area contributed by atoms with E-state index in [1.807, 2.05) is 7.11 Å². The first kappa shape index (κ1) is 21.7. The van der Waals surface area contributed by atoms with Crippen molar-refractivity contribution in [3.8, 4) is 0 Å². The highest BCUT2D eigenvalue weighted by Crippen LogP contribution is 2.68. The minimum absolute atomic E-state index is 0.149. The Morgan fingerprint density at radius 2 is 1.83 bits per heavy atom. The lowest BCUT2D eigenvalue weighted by Gasteiger charge is -2.62. The van der Waals surface area contributed by atoms with Crippen LogP contribution in [-0.2, 0) is 19.0 Å². The highest BCUT2D eigenvalue weighted by Gasteiger charge is 2.64. The molecule has 0 amide bonds. The van der Waals surface area contributed by atoms with E-state index >= 15 is 0 Å². The number of aliphatic hydroxyl groups is 1. The first-order chi connectivity index (χ1) is 13.9. The van der Waals surface area contributed by atoms with Crippen molar-refractivity contribution >= 4 is 5.78 Å². The Balaban J connectivity index is 1.62. The van der Waals surface area contributed by atoms with Gasteiger partial charge in [0, 0.05) is 26.2 Å². The Hall–Kier alpha value is -0.490. The fraction of sp³-hybridized carbons (Fsp3) is 0.958. The second-order valence-electron chi connectivity index (χ2n) is 10.6. The van der Waals surface area contributed by atoms with Crippen LogP contribution in [0.1, 0.15) is 65.2 Å². The summed E-state index contributed by atoms with van der Waals surface area (Å²) in [5, 5.41) is 10.1. The quantitative estimate of drug-likeness (QED) is 0.677. The van der Waals surface area contributed by atoms with E-state index in [1.165, 1.54) is 0 Å². The molecule has 5 heteroatoms. The molecule has 4 rings (SSSR count). The Bertz CT molecular complexity index is 608. The Morgan fingerprint density at radius 1 is 1.03 bits per heavy atom. The second-order valence-corrected chi connectivity index (χ2v) is 10.6. The number of ether oxygens (including phenoxy) is 3. The lowest BCUT2D eigenvalue weighted by atomic mass is 9.43. The summed E-state index contributed by atoms with van der Waals surface area (Å²) in [5.41, 5.74) is -0.0487. The molecule has 0 aliphatic heterocycles. The molecule has 9 atom stereocenters. The van der Waals surface area contributed by atoms with Crippen LogP contribution in [0, 0.1) is 40.4 Å². The van der Waals surface area contributed by atoms with Gasteiger partial charge >= 0.3 is 0 Å². The van der Waals surface area contributed by atoms with Crippen LogP contribution in [0.4, 0.5) is 0 Å². The zero-order chi connectivity index (χ0) is 20.8. The fourth-order valence-corrected chi connectivity index (χ4v) is 8.57. The summed E-state index contributed by atoms with van der Waals surface area (Å²) in [6.45, 7) is 4.79. The lowest BCUT2D eigenvalue weighted by Crippen LogP contribution is -2.60. The number of Topliss-reactive ketones (excluding diaryl/α,β-unsaturated/α-hetero) is 1.